The average molecular weight is 264 g/mol. The van der Waals surface area contributed by atoms with Gasteiger partial charge in [-0.25, -0.2) is 4.98 Å². The number of rotatable bonds is 2. The molecule has 4 heteroatoms. The Morgan fingerprint density at radius 2 is 2.22 bits per heavy atom. The molecule has 1 aliphatic heterocycles. The summed E-state index contributed by atoms with van der Waals surface area (Å²) in [6.45, 7) is 5.63. The van der Waals surface area contributed by atoms with Gasteiger partial charge in [0.1, 0.15) is 5.65 Å². The third-order valence-corrected chi connectivity index (χ3v) is 4.14. The van der Waals surface area contributed by atoms with Crippen LogP contribution < -0.4 is 4.90 Å². The highest BCUT2D eigenvalue weighted by Crippen LogP contribution is 2.35. The van der Waals surface area contributed by atoms with Crippen LogP contribution in [0.25, 0.3) is 5.65 Å². The summed E-state index contributed by atoms with van der Waals surface area (Å²) < 4.78 is 2.09. The van der Waals surface area contributed by atoms with E-state index < -0.39 is 0 Å². The zero-order valence-electron chi connectivity index (χ0n) is 10.9. The fraction of sp³-hybridized carbons (Fsp3) is 0.500. The Labute approximate surface area is 112 Å². The number of nitrogens with zero attached hydrogens (tertiary/aromatic N) is 3. The van der Waals surface area contributed by atoms with Gasteiger partial charge in [0.25, 0.3) is 0 Å². The van der Waals surface area contributed by atoms with Crippen molar-refractivity contribution in [2.24, 2.45) is 0 Å². The number of hydrogen-bond acceptors (Lipinski definition) is 2. The van der Waals surface area contributed by atoms with E-state index in [1.54, 1.807) is 0 Å². The normalized spacial score (nSPS) is 18.7. The van der Waals surface area contributed by atoms with E-state index in [1.807, 2.05) is 24.4 Å². The summed E-state index contributed by atoms with van der Waals surface area (Å²) in [5.74, 6) is 1.55. The second kappa shape index (κ2) is 4.16. The van der Waals surface area contributed by atoms with Crippen molar-refractivity contribution in [3.05, 3.63) is 30.1 Å². The van der Waals surface area contributed by atoms with Crippen LogP contribution in [-0.2, 0) is 5.88 Å². The Kier molecular flexibility index (Phi) is 2.74. The first-order valence-electron chi connectivity index (χ1n) is 6.43. The molecule has 0 atom stereocenters. The van der Waals surface area contributed by atoms with Crippen molar-refractivity contribution in [2.45, 2.75) is 38.1 Å². The summed E-state index contributed by atoms with van der Waals surface area (Å²) in [4.78, 5) is 7.17. The number of anilines is 1. The number of fused-ring (bicyclic) bond motifs is 1. The first-order valence-corrected chi connectivity index (χ1v) is 6.96. The SMILES string of the molecule is CC1(C)CCCN1c1nc2ccccn2c1CCl. The van der Waals surface area contributed by atoms with Gasteiger partial charge in [0.2, 0.25) is 0 Å². The maximum Gasteiger partial charge on any atom is 0.152 e. The molecule has 1 saturated heterocycles. The predicted octanol–water partition coefficient (Wildman–Crippen LogP) is 3.45. The lowest BCUT2D eigenvalue weighted by Gasteiger charge is -2.32. The zero-order valence-corrected chi connectivity index (χ0v) is 11.6. The number of halogens is 1. The van der Waals surface area contributed by atoms with Crippen LogP contribution in [0.1, 0.15) is 32.4 Å². The van der Waals surface area contributed by atoms with Crippen molar-refractivity contribution >= 4 is 23.1 Å². The van der Waals surface area contributed by atoms with E-state index in [0.29, 0.717) is 5.88 Å². The first kappa shape index (κ1) is 11.8. The van der Waals surface area contributed by atoms with Crippen LogP contribution in [0, 0.1) is 0 Å². The van der Waals surface area contributed by atoms with Gasteiger partial charge in [0, 0.05) is 18.3 Å². The van der Waals surface area contributed by atoms with Gasteiger partial charge in [-0.05, 0) is 38.8 Å². The minimum atomic E-state index is 0.179. The van der Waals surface area contributed by atoms with Crippen LogP contribution >= 0.6 is 11.6 Å². The Balaban J connectivity index is 2.17. The molecule has 18 heavy (non-hydrogen) atoms. The van der Waals surface area contributed by atoms with E-state index >= 15 is 0 Å². The molecule has 2 aromatic heterocycles. The molecule has 0 bridgehead atoms. The van der Waals surface area contributed by atoms with Crippen LogP contribution in [-0.4, -0.2) is 21.5 Å². The Morgan fingerprint density at radius 1 is 1.39 bits per heavy atom. The monoisotopic (exact) mass is 263 g/mol. The molecule has 2 aromatic rings. The molecule has 3 rings (SSSR count). The minimum absolute atomic E-state index is 0.179. The maximum absolute atomic E-state index is 6.14. The van der Waals surface area contributed by atoms with Crippen LogP contribution in [0.3, 0.4) is 0 Å². The van der Waals surface area contributed by atoms with Crippen molar-refractivity contribution in [3.63, 3.8) is 0 Å². The summed E-state index contributed by atoms with van der Waals surface area (Å²) in [5.41, 5.74) is 2.26. The second-order valence-electron chi connectivity index (χ2n) is 5.51. The van der Waals surface area contributed by atoms with Gasteiger partial charge in [0.15, 0.2) is 5.82 Å². The molecule has 0 unspecified atom stereocenters. The molecule has 0 saturated carbocycles. The van der Waals surface area contributed by atoms with Crippen LogP contribution in [0.15, 0.2) is 24.4 Å². The van der Waals surface area contributed by atoms with Gasteiger partial charge >= 0.3 is 0 Å². The largest absolute Gasteiger partial charge is 0.350 e. The van der Waals surface area contributed by atoms with Gasteiger partial charge in [-0.15, -0.1) is 11.6 Å². The molecule has 1 aliphatic rings. The van der Waals surface area contributed by atoms with Crippen molar-refractivity contribution in [1.29, 1.82) is 0 Å². The fourth-order valence-electron chi connectivity index (χ4n) is 2.87. The van der Waals surface area contributed by atoms with E-state index in [1.165, 1.54) is 12.8 Å². The zero-order chi connectivity index (χ0) is 12.8. The van der Waals surface area contributed by atoms with Crippen LogP contribution in [0.2, 0.25) is 0 Å². The van der Waals surface area contributed by atoms with Crippen LogP contribution in [0.5, 0.6) is 0 Å². The molecular formula is C14H18ClN3. The summed E-state index contributed by atoms with van der Waals surface area (Å²) >= 11 is 6.14. The number of aromatic nitrogens is 2. The van der Waals surface area contributed by atoms with E-state index in [0.717, 1.165) is 23.7 Å². The minimum Gasteiger partial charge on any atom is -0.350 e. The summed E-state index contributed by atoms with van der Waals surface area (Å²) in [6.07, 6.45) is 4.47. The highest BCUT2D eigenvalue weighted by Gasteiger charge is 2.34. The summed E-state index contributed by atoms with van der Waals surface area (Å²) in [5, 5.41) is 0. The van der Waals surface area contributed by atoms with E-state index in [-0.39, 0.29) is 5.54 Å². The van der Waals surface area contributed by atoms with E-state index in [4.69, 9.17) is 16.6 Å². The van der Waals surface area contributed by atoms with Crippen molar-refractivity contribution in [2.75, 3.05) is 11.4 Å². The molecule has 0 N–H and O–H groups in total. The van der Waals surface area contributed by atoms with Crippen molar-refractivity contribution < 1.29 is 0 Å². The molecule has 96 valence electrons. The molecule has 0 aliphatic carbocycles. The molecule has 0 aromatic carbocycles. The number of pyridine rings is 1. The lowest BCUT2D eigenvalue weighted by atomic mass is 10.0. The maximum atomic E-state index is 6.14. The Bertz CT molecular complexity index is 573. The van der Waals surface area contributed by atoms with Crippen molar-refractivity contribution in [1.82, 2.24) is 9.38 Å². The Morgan fingerprint density at radius 3 is 2.89 bits per heavy atom. The van der Waals surface area contributed by atoms with Crippen LogP contribution in [0.4, 0.5) is 5.82 Å². The third-order valence-electron chi connectivity index (χ3n) is 3.89. The standard InChI is InChI=1S/C14H18ClN3/c1-14(2)7-5-9-18(14)13-11(10-15)17-8-4-3-6-12(17)16-13/h3-4,6,8H,5,7,9-10H2,1-2H3. The number of hydrogen-bond donors (Lipinski definition) is 0. The predicted molar refractivity (Wildman–Crippen MR) is 75.4 cm³/mol. The highest BCUT2D eigenvalue weighted by atomic mass is 35.5. The van der Waals surface area contributed by atoms with E-state index in [9.17, 15) is 0 Å². The first-order chi connectivity index (χ1) is 8.63. The van der Waals surface area contributed by atoms with Gasteiger partial charge in [-0.3, -0.25) is 0 Å². The molecule has 0 spiro atoms. The molecule has 0 radical (unpaired) electrons. The fourth-order valence-corrected chi connectivity index (χ4v) is 3.12. The topological polar surface area (TPSA) is 20.5 Å². The molecule has 3 nitrogen and oxygen atoms in total. The third kappa shape index (κ3) is 1.69. The second-order valence-corrected chi connectivity index (χ2v) is 5.78. The molecule has 3 heterocycles. The number of imidazole rings is 1. The Hall–Kier alpha value is -1.22. The van der Waals surface area contributed by atoms with E-state index in [2.05, 4.69) is 23.1 Å². The van der Waals surface area contributed by atoms with Gasteiger partial charge in [0.05, 0.1) is 11.6 Å². The van der Waals surface area contributed by atoms with Gasteiger partial charge in [-0.1, -0.05) is 6.07 Å². The summed E-state index contributed by atoms with van der Waals surface area (Å²) in [7, 11) is 0. The van der Waals surface area contributed by atoms with Gasteiger partial charge < -0.3 is 9.30 Å². The lowest BCUT2D eigenvalue weighted by molar-refractivity contribution is 0.514. The summed E-state index contributed by atoms with van der Waals surface area (Å²) in [6, 6.07) is 6.06. The smallest absolute Gasteiger partial charge is 0.152 e. The highest BCUT2D eigenvalue weighted by molar-refractivity contribution is 6.17. The molecular weight excluding hydrogens is 246 g/mol. The number of alkyl halides is 1. The average Bonchev–Trinajstić information content (AvgIpc) is 2.87. The lowest BCUT2D eigenvalue weighted by Crippen LogP contribution is -2.38. The molecule has 1 fully saturated rings. The van der Waals surface area contributed by atoms with Crippen molar-refractivity contribution in [3.8, 4) is 0 Å². The quantitative estimate of drug-likeness (QED) is 0.774. The van der Waals surface area contributed by atoms with Gasteiger partial charge in [-0.2, -0.15) is 0 Å². The molecule has 0 amide bonds.